The monoisotopic (exact) mass is 404 g/mol. The fraction of sp³-hybridized carbons (Fsp3) is 0.208. The highest BCUT2D eigenvalue weighted by molar-refractivity contribution is 5.75. The van der Waals surface area contributed by atoms with Crippen LogP contribution in [-0.4, -0.2) is 24.5 Å². The minimum atomic E-state index is -1.27. The molecule has 30 heavy (non-hydrogen) atoms. The van der Waals surface area contributed by atoms with Crippen molar-refractivity contribution in [3.63, 3.8) is 0 Å². The quantitative estimate of drug-likeness (QED) is 0.585. The molecule has 0 saturated carbocycles. The van der Waals surface area contributed by atoms with Gasteiger partial charge >= 0.3 is 6.03 Å². The topological polar surface area (TPSA) is 79.8 Å². The van der Waals surface area contributed by atoms with Crippen molar-refractivity contribution in [1.29, 1.82) is 0 Å². The van der Waals surface area contributed by atoms with Gasteiger partial charge in [0.25, 0.3) is 0 Å². The van der Waals surface area contributed by atoms with E-state index in [4.69, 9.17) is 9.47 Å². The zero-order valence-electron chi connectivity index (χ0n) is 16.7. The van der Waals surface area contributed by atoms with E-state index in [1.54, 1.807) is 25.1 Å². The van der Waals surface area contributed by atoms with Gasteiger partial charge in [0.05, 0.1) is 12.6 Å². The van der Waals surface area contributed by atoms with E-state index < -0.39 is 5.60 Å². The van der Waals surface area contributed by atoms with Crippen LogP contribution in [0.5, 0.6) is 11.5 Å². The van der Waals surface area contributed by atoms with E-state index >= 15 is 0 Å². The molecule has 1 aliphatic rings. The van der Waals surface area contributed by atoms with Crippen LogP contribution in [0.3, 0.4) is 0 Å². The van der Waals surface area contributed by atoms with Crippen LogP contribution in [0.2, 0.25) is 0 Å². The Kier molecular flexibility index (Phi) is 5.59. The minimum Gasteiger partial charge on any atom is -0.454 e. The average Bonchev–Trinajstić information content (AvgIpc) is 3.25. The largest absolute Gasteiger partial charge is 0.454 e. The first-order valence-electron chi connectivity index (χ1n) is 9.80. The molecule has 1 aliphatic heterocycles. The summed E-state index contributed by atoms with van der Waals surface area (Å²) in [6, 6.07) is 24.1. The highest BCUT2D eigenvalue weighted by Crippen LogP contribution is 2.35. The number of aliphatic hydroxyl groups is 1. The van der Waals surface area contributed by atoms with Crippen molar-refractivity contribution < 1.29 is 19.4 Å². The normalized spacial score (nSPS) is 14.2. The van der Waals surface area contributed by atoms with Crippen LogP contribution in [0.25, 0.3) is 0 Å². The van der Waals surface area contributed by atoms with Crippen LogP contribution in [0, 0.1) is 0 Å². The van der Waals surface area contributed by atoms with E-state index in [2.05, 4.69) is 10.6 Å². The van der Waals surface area contributed by atoms with Crippen LogP contribution < -0.4 is 20.1 Å². The molecule has 0 aliphatic carbocycles. The summed E-state index contributed by atoms with van der Waals surface area (Å²) in [7, 11) is 0. The first-order chi connectivity index (χ1) is 14.5. The van der Waals surface area contributed by atoms with Crippen LogP contribution in [0.15, 0.2) is 78.9 Å². The number of carbonyl (C=O) groups excluding carboxylic acids is 1. The minimum absolute atomic E-state index is 0.0365. The Morgan fingerprint density at radius 2 is 1.57 bits per heavy atom. The molecular formula is C24H24N2O4. The van der Waals surface area contributed by atoms with Gasteiger partial charge in [-0.1, -0.05) is 66.7 Å². The highest BCUT2D eigenvalue weighted by atomic mass is 16.7. The SMILES string of the molecule is C[C@](O)(CNC(=O)NC(c1ccccc1)c1ccccc1)c1ccc2c(c1)OCO2. The number of fused-ring (bicyclic) bond motifs is 1. The van der Waals surface area contributed by atoms with Gasteiger partial charge in [-0.25, -0.2) is 4.79 Å². The van der Waals surface area contributed by atoms with Crippen molar-refractivity contribution >= 4 is 6.03 Å². The Morgan fingerprint density at radius 1 is 0.967 bits per heavy atom. The molecular weight excluding hydrogens is 380 g/mol. The number of hydrogen-bond acceptors (Lipinski definition) is 4. The summed E-state index contributed by atoms with van der Waals surface area (Å²) < 4.78 is 10.7. The molecule has 0 radical (unpaired) electrons. The number of hydrogen-bond donors (Lipinski definition) is 3. The van der Waals surface area contributed by atoms with Crippen molar-refractivity contribution in [2.24, 2.45) is 0 Å². The third-order valence-electron chi connectivity index (χ3n) is 5.13. The number of amides is 2. The molecule has 0 saturated heterocycles. The van der Waals surface area contributed by atoms with Crippen LogP contribution in [-0.2, 0) is 5.60 Å². The van der Waals surface area contributed by atoms with Gasteiger partial charge in [-0.3, -0.25) is 0 Å². The summed E-state index contributed by atoms with van der Waals surface area (Å²) in [4.78, 5) is 12.7. The molecule has 3 aromatic rings. The molecule has 0 spiro atoms. The van der Waals surface area contributed by atoms with E-state index in [1.807, 2.05) is 60.7 Å². The zero-order chi connectivity index (χ0) is 21.0. The molecule has 6 nitrogen and oxygen atoms in total. The maximum atomic E-state index is 12.7. The van der Waals surface area contributed by atoms with Gasteiger partial charge in [-0.05, 0) is 35.7 Å². The maximum Gasteiger partial charge on any atom is 0.315 e. The summed E-state index contributed by atoms with van der Waals surface area (Å²) in [5.41, 5.74) is 1.31. The lowest BCUT2D eigenvalue weighted by Crippen LogP contribution is -2.44. The summed E-state index contributed by atoms with van der Waals surface area (Å²) in [6.45, 7) is 1.85. The first-order valence-corrected chi connectivity index (χ1v) is 9.80. The molecule has 4 rings (SSSR count). The third kappa shape index (κ3) is 4.39. The smallest absolute Gasteiger partial charge is 0.315 e. The lowest BCUT2D eigenvalue weighted by Gasteiger charge is -2.26. The fourth-order valence-electron chi connectivity index (χ4n) is 3.42. The summed E-state index contributed by atoms with van der Waals surface area (Å²) in [5, 5.41) is 16.7. The number of ether oxygens (including phenoxy) is 2. The lowest BCUT2D eigenvalue weighted by molar-refractivity contribution is 0.0591. The zero-order valence-corrected chi connectivity index (χ0v) is 16.7. The second-order valence-electron chi connectivity index (χ2n) is 7.42. The van der Waals surface area contributed by atoms with Gasteiger partial charge in [0, 0.05) is 0 Å². The molecule has 0 unspecified atom stereocenters. The molecule has 0 bridgehead atoms. The summed E-state index contributed by atoms with van der Waals surface area (Å²) in [5.74, 6) is 1.24. The summed E-state index contributed by atoms with van der Waals surface area (Å²) >= 11 is 0. The van der Waals surface area contributed by atoms with E-state index in [0.29, 0.717) is 17.1 Å². The molecule has 2 amide bonds. The van der Waals surface area contributed by atoms with Crippen LogP contribution in [0.1, 0.15) is 29.7 Å². The van der Waals surface area contributed by atoms with Gasteiger partial charge in [-0.15, -0.1) is 0 Å². The van der Waals surface area contributed by atoms with Gasteiger partial charge in [-0.2, -0.15) is 0 Å². The van der Waals surface area contributed by atoms with Crippen LogP contribution in [0.4, 0.5) is 4.79 Å². The molecule has 3 N–H and O–H groups in total. The summed E-state index contributed by atoms with van der Waals surface area (Å²) in [6.07, 6.45) is 0. The standard InChI is InChI=1S/C24H24N2O4/c1-24(28,19-12-13-20-21(14-19)30-16-29-20)15-25-23(27)26-22(17-8-4-2-5-9-17)18-10-6-3-7-11-18/h2-14,22,28H,15-16H2,1H3,(H2,25,26,27)/t24-/m0/s1. The van der Waals surface area contributed by atoms with Gasteiger partial charge in [0.1, 0.15) is 5.60 Å². The van der Waals surface area contributed by atoms with Gasteiger partial charge in [0.2, 0.25) is 6.79 Å². The molecule has 6 heteroatoms. The molecule has 1 heterocycles. The van der Waals surface area contributed by atoms with Crippen molar-refractivity contribution in [2.45, 2.75) is 18.6 Å². The van der Waals surface area contributed by atoms with Gasteiger partial charge < -0.3 is 25.2 Å². The van der Waals surface area contributed by atoms with Crippen molar-refractivity contribution in [1.82, 2.24) is 10.6 Å². The second-order valence-corrected chi connectivity index (χ2v) is 7.42. The maximum absolute atomic E-state index is 12.7. The van der Waals surface area contributed by atoms with Crippen molar-refractivity contribution in [2.75, 3.05) is 13.3 Å². The Labute approximate surface area is 175 Å². The number of urea groups is 1. The fourth-order valence-corrected chi connectivity index (χ4v) is 3.42. The average molecular weight is 404 g/mol. The van der Waals surface area contributed by atoms with E-state index in [-0.39, 0.29) is 25.4 Å². The Hall–Kier alpha value is -3.51. The predicted octanol–water partition coefficient (Wildman–Crippen LogP) is 3.71. The van der Waals surface area contributed by atoms with E-state index in [1.165, 1.54) is 0 Å². The van der Waals surface area contributed by atoms with E-state index in [9.17, 15) is 9.90 Å². The highest BCUT2D eigenvalue weighted by Gasteiger charge is 2.27. The number of benzene rings is 3. The van der Waals surface area contributed by atoms with Crippen molar-refractivity contribution in [3.8, 4) is 11.5 Å². The molecule has 0 aromatic heterocycles. The van der Waals surface area contributed by atoms with Gasteiger partial charge in [0.15, 0.2) is 11.5 Å². The molecule has 1 atom stereocenters. The Balaban J connectivity index is 1.45. The lowest BCUT2D eigenvalue weighted by atomic mass is 9.95. The molecule has 0 fully saturated rings. The number of nitrogens with one attached hydrogen (secondary N) is 2. The number of carbonyl (C=O) groups is 1. The number of rotatable bonds is 6. The van der Waals surface area contributed by atoms with E-state index in [0.717, 1.165) is 11.1 Å². The second kappa shape index (κ2) is 8.47. The first kappa shape index (κ1) is 19.8. The van der Waals surface area contributed by atoms with Crippen LogP contribution >= 0.6 is 0 Å². The van der Waals surface area contributed by atoms with Crippen molar-refractivity contribution in [3.05, 3.63) is 95.6 Å². The Morgan fingerprint density at radius 3 is 2.20 bits per heavy atom. The predicted molar refractivity (Wildman–Crippen MR) is 113 cm³/mol. The third-order valence-corrected chi connectivity index (χ3v) is 5.13. The molecule has 154 valence electrons. The Bertz CT molecular complexity index is 967. The molecule has 3 aromatic carbocycles.